The van der Waals surface area contributed by atoms with Crippen molar-refractivity contribution < 1.29 is 4.79 Å². The molecule has 2 aromatic heterocycles. The summed E-state index contributed by atoms with van der Waals surface area (Å²) in [6.45, 7) is 7.55. The topological polar surface area (TPSA) is 59.8 Å². The summed E-state index contributed by atoms with van der Waals surface area (Å²) in [6, 6.07) is 3.90. The van der Waals surface area contributed by atoms with Crippen LogP contribution in [0.15, 0.2) is 37.2 Å². The first kappa shape index (κ1) is 14.0. The molecule has 0 aliphatic heterocycles. The maximum Gasteiger partial charge on any atom is 0.247 e. The number of carbonyl (C=O) groups is 1. The second kappa shape index (κ2) is 6.14. The lowest BCUT2D eigenvalue weighted by molar-refractivity contribution is -0.111. The molecule has 5 heteroatoms. The zero-order chi connectivity index (χ0) is 14.5. The van der Waals surface area contributed by atoms with Gasteiger partial charge >= 0.3 is 0 Å². The molecule has 0 radical (unpaired) electrons. The molecule has 5 nitrogen and oxygen atoms in total. The predicted octanol–water partition coefficient (Wildman–Crippen LogP) is 2.65. The molecule has 0 saturated heterocycles. The third-order valence-electron chi connectivity index (χ3n) is 2.92. The molecule has 2 rings (SSSR count). The molecule has 0 saturated carbocycles. The zero-order valence-corrected chi connectivity index (χ0v) is 11.8. The Hall–Kier alpha value is -2.43. The van der Waals surface area contributed by atoms with Crippen LogP contribution in [-0.4, -0.2) is 20.7 Å². The summed E-state index contributed by atoms with van der Waals surface area (Å²) in [6.07, 6.45) is 6.41. The summed E-state index contributed by atoms with van der Waals surface area (Å²) in [5.74, 6) is 0.520. The van der Waals surface area contributed by atoms with E-state index in [2.05, 4.69) is 28.9 Å². The van der Waals surface area contributed by atoms with Gasteiger partial charge in [-0.1, -0.05) is 19.9 Å². The SMILES string of the molecule is C=CC(=O)Nc1cnn(-c2cc(C)ccn2)c1CCC. The Labute approximate surface area is 118 Å². The van der Waals surface area contributed by atoms with Gasteiger partial charge in [-0.25, -0.2) is 9.67 Å². The molecule has 1 N–H and O–H groups in total. The minimum atomic E-state index is -0.237. The molecule has 0 fully saturated rings. The molecule has 0 spiro atoms. The molecular weight excluding hydrogens is 252 g/mol. The molecule has 20 heavy (non-hydrogen) atoms. The van der Waals surface area contributed by atoms with Crippen LogP contribution < -0.4 is 5.32 Å². The molecule has 2 heterocycles. The summed E-state index contributed by atoms with van der Waals surface area (Å²) >= 11 is 0. The molecule has 2 aromatic rings. The van der Waals surface area contributed by atoms with Crippen LogP contribution in [-0.2, 0) is 11.2 Å². The Kier molecular flexibility index (Phi) is 4.30. The van der Waals surface area contributed by atoms with E-state index in [4.69, 9.17) is 0 Å². The van der Waals surface area contributed by atoms with Crippen molar-refractivity contribution in [3.8, 4) is 5.82 Å². The Morgan fingerprint density at radius 1 is 1.55 bits per heavy atom. The first-order chi connectivity index (χ1) is 9.65. The Balaban J connectivity index is 2.43. The minimum absolute atomic E-state index is 0.237. The van der Waals surface area contributed by atoms with Crippen LogP contribution in [0.25, 0.3) is 5.82 Å². The summed E-state index contributed by atoms with van der Waals surface area (Å²) in [7, 11) is 0. The number of carbonyl (C=O) groups excluding carboxylic acids is 1. The first-order valence-corrected chi connectivity index (χ1v) is 6.59. The number of nitrogens with one attached hydrogen (secondary N) is 1. The first-order valence-electron chi connectivity index (χ1n) is 6.59. The van der Waals surface area contributed by atoms with E-state index in [-0.39, 0.29) is 5.91 Å². The third-order valence-corrected chi connectivity index (χ3v) is 2.92. The number of nitrogens with zero attached hydrogens (tertiary/aromatic N) is 3. The van der Waals surface area contributed by atoms with Crippen LogP contribution in [0.5, 0.6) is 0 Å². The summed E-state index contributed by atoms with van der Waals surface area (Å²) < 4.78 is 1.77. The monoisotopic (exact) mass is 270 g/mol. The number of hydrogen-bond donors (Lipinski definition) is 1. The molecular formula is C15H18N4O. The van der Waals surface area contributed by atoms with Gasteiger partial charge in [0.05, 0.1) is 17.6 Å². The van der Waals surface area contributed by atoms with Crippen molar-refractivity contribution in [1.82, 2.24) is 14.8 Å². The average molecular weight is 270 g/mol. The van der Waals surface area contributed by atoms with Crippen molar-refractivity contribution in [1.29, 1.82) is 0 Å². The Morgan fingerprint density at radius 2 is 2.35 bits per heavy atom. The van der Waals surface area contributed by atoms with Gasteiger partial charge in [-0.3, -0.25) is 4.79 Å². The highest BCUT2D eigenvalue weighted by molar-refractivity contribution is 5.99. The molecule has 0 atom stereocenters. The summed E-state index contributed by atoms with van der Waals surface area (Å²) in [5, 5.41) is 7.12. The number of aromatic nitrogens is 3. The van der Waals surface area contributed by atoms with Crippen molar-refractivity contribution in [3.05, 3.63) is 48.4 Å². The van der Waals surface area contributed by atoms with Gasteiger partial charge < -0.3 is 5.32 Å². The number of amides is 1. The van der Waals surface area contributed by atoms with Gasteiger partial charge in [0.1, 0.15) is 0 Å². The van der Waals surface area contributed by atoms with E-state index in [1.54, 1.807) is 17.1 Å². The van der Waals surface area contributed by atoms with Gasteiger partial charge in [-0.05, 0) is 37.1 Å². The quantitative estimate of drug-likeness (QED) is 0.850. The minimum Gasteiger partial charge on any atom is -0.320 e. The van der Waals surface area contributed by atoms with Crippen molar-refractivity contribution in [2.75, 3.05) is 5.32 Å². The summed E-state index contributed by atoms with van der Waals surface area (Å²) in [5.41, 5.74) is 2.77. The largest absolute Gasteiger partial charge is 0.320 e. The smallest absolute Gasteiger partial charge is 0.247 e. The van der Waals surface area contributed by atoms with Gasteiger partial charge in [-0.2, -0.15) is 5.10 Å². The van der Waals surface area contributed by atoms with Crippen LogP contribution in [0.3, 0.4) is 0 Å². The lowest BCUT2D eigenvalue weighted by atomic mass is 10.2. The highest BCUT2D eigenvalue weighted by atomic mass is 16.1. The molecule has 0 aliphatic rings. The lowest BCUT2D eigenvalue weighted by Crippen LogP contribution is -2.10. The highest BCUT2D eigenvalue weighted by Gasteiger charge is 2.13. The van der Waals surface area contributed by atoms with Gasteiger partial charge in [0.2, 0.25) is 5.91 Å². The van der Waals surface area contributed by atoms with Crippen LogP contribution in [0.4, 0.5) is 5.69 Å². The number of hydrogen-bond acceptors (Lipinski definition) is 3. The molecule has 1 amide bonds. The maximum absolute atomic E-state index is 11.5. The summed E-state index contributed by atoms with van der Waals surface area (Å²) in [4.78, 5) is 15.8. The average Bonchev–Trinajstić information content (AvgIpc) is 2.82. The second-order valence-corrected chi connectivity index (χ2v) is 4.55. The maximum atomic E-state index is 11.5. The fourth-order valence-corrected chi connectivity index (χ4v) is 1.97. The van der Waals surface area contributed by atoms with Gasteiger partial charge in [0.25, 0.3) is 0 Å². The van der Waals surface area contributed by atoms with Crippen molar-refractivity contribution in [2.45, 2.75) is 26.7 Å². The van der Waals surface area contributed by atoms with E-state index in [9.17, 15) is 4.79 Å². The number of rotatable bonds is 5. The van der Waals surface area contributed by atoms with E-state index in [0.29, 0.717) is 5.69 Å². The zero-order valence-electron chi connectivity index (χ0n) is 11.8. The molecule has 0 bridgehead atoms. The van der Waals surface area contributed by atoms with Crippen molar-refractivity contribution in [3.63, 3.8) is 0 Å². The normalized spacial score (nSPS) is 10.3. The predicted molar refractivity (Wildman–Crippen MR) is 78.9 cm³/mol. The number of aryl methyl sites for hydroxylation is 1. The standard InChI is InChI=1S/C15H18N4O/c1-4-6-13-12(18-15(20)5-2)10-17-19(13)14-9-11(3)7-8-16-14/h5,7-10H,2,4,6H2,1,3H3,(H,18,20). The lowest BCUT2D eigenvalue weighted by Gasteiger charge is -2.08. The van der Waals surface area contributed by atoms with E-state index in [0.717, 1.165) is 29.9 Å². The van der Waals surface area contributed by atoms with E-state index in [1.165, 1.54) is 6.08 Å². The fraction of sp³-hybridized carbons (Fsp3) is 0.267. The van der Waals surface area contributed by atoms with Crippen LogP contribution in [0.1, 0.15) is 24.6 Å². The molecule has 0 aromatic carbocycles. The van der Waals surface area contributed by atoms with E-state index >= 15 is 0 Å². The Bertz CT molecular complexity index is 631. The van der Waals surface area contributed by atoms with Crippen molar-refractivity contribution in [2.24, 2.45) is 0 Å². The van der Waals surface area contributed by atoms with Crippen LogP contribution >= 0.6 is 0 Å². The fourth-order valence-electron chi connectivity index (χ4n) is 1.97. The molecule has 104 valence electrons. The van der Waals surface area contributed by atoms with Crippen LogP contribution in [0, 0.1) is 6.92 Å². The second-order valence-electron chi connectivity index (χ2n) is 4.55. The number of anilines is 1. The van der Waals surface area contributed by atoms with Gasteiger partial charge in [-0.15, -0.1) is 0 Å². The van der Waals surface area contributed by atoms with Crippen LogP contribution in [0.2, 0.25) is 0 Å². The van der Waals surface area contributed by atoms with E-state index in [1.807, 2.05) is 19.1 Å². The third kappa shape index (κ3) is 2.93. The van der Waals surface area contributed by atoms with Crippen molar-refractivity contribution >= 4 is 11.6 Å². The van der Waals surface area contributed by atoms with Gasteiger partial charge in [0.15, 0.2) is 5.82 Å². The number of pyridine rings is 1. The molecule has 0 aliphatic carbocycles. The highest BCUT2D eigenvalue weighted by Crippen LogP contribution is 2.20. The molecule has 0 unspecified atom stereocenters. The van der Waals surface area contributed by atoms with Gasteiger partial charge in [0, 0.05) is 6.20 Å². The Morgan fingerprint density at radius 3 is 3.00 bits per heavy atom. The van der Waals surface area contributed by atoms with E-state index < -0.39 is 0 Å².